The monoisotopic (exact) mass is 329 g/mol. The molecular formula is C19H27N3O2. The minimum atomic E-state index is -0.496. The number of benzene rings is 1. The van der Waals surface area contributed by atoms with Gasteiger partial charge in [0.1, 0.15) is 0 Å². The maximum Gasteiger partial charge on any atom is 0.311 e. The zero-order chi connectivity index (χ0) is 17.1. The molecule has 1 aromatic rings. The van der Waals surface area contributed by atoms with E-state index in [2.05, 4.69) is 28.4 Å². The summed E-state index contributed by atoms with van der Waals surface area (Å²) in [6, 6.07) is 6.30. The Hall–Kier alpha value is -1.88. The number of piperazine rings is 1. The van der Waals surface area contributed by atoms with Gasteiger partial charge < -0.3 is 15.1 Å². The summed E-state index contributed by atoms with van der Waals surface area (Å²) in [6.07, 6.45) is 4.76. The van der Waals surface area contributed by atoms with Crippen LogP contribution in [0.3, 0.4) is 0 Å². The van der Waals surface area contributed by atoms with E-state index in [1.54, 1.807) is 4.90 Å². The van der Waals surface area contributed by atoms with Crippen molar-refractivity contribution in [1.29, 1.82) is 0 Å². The van der Waals surface area contributed by atoms with Gasteiger partial charge in [-0.2, -0.15) is 0 Å². The van der Waals surface area contributed by atoms with Crippen molar-refractivity contribution in [2.24, 2.45) is 0 Å². The number of hydrogen-bond donors (Lipinski definition) is 1. The van der Waals surface area contributed by atoms with Gasteiger partial charge >= 0.3 is 11.8 Å². The first kappa shape index (κ1) is 17.0. The van der Waals surface area contributed by atoms with Crippen molar-refractivity contribution in [3.05, 3.63) is 34.9 Å². The van der Waals surface area contributed by atoms with Crippen LogP contribution in [0, 0.1) is 0 Å². The molecule has 1 fully saturated rings. The Morgan fingerprint density at radius 1 is 1.04 bits per heavy atom. The van der Waals surface area contributed by atoms with Crippen molar-refractivity contribution >= 4 is 11.8 Å². The van der Waals surface area contributed by atoms with Crippen LogP contribution in [0.15, 0.2) is 18.2 Å². The van der Waals surface area contributed by atoms with E-state index in [1.807, 2.05) is 14.0 Å². The van der Waals surface area contributed by atoms with E-state index in [4.69, 9.17) is 0 Å². The molecule has 2 aliphatic rings. The SMILES string of the molecule is CC(NC(=O)C(=O)N1CCN(C)CC1)c1ccc2c(c1)CCCC2. The molecule has 1 aliphatic carbocycles. The average molecular weight is 329 g/mol. The fraction of sp³-hybridized carbons (Fsp3) is 0.579. The van der Waals surface area contributed by atoms with Crippen molar-refractivity contribution in [2.45, 2.75) is 38.6 Å². The van der Waals surface area contributed by atoms with Gasteiger partial charge in [-0.3, -0.25) is 9.59 Å². The summed E-state index contributed by atoms with van der Waals surface area (Å²) in [6.45, 7) is 4.82. The maximum atomic E-state index is 12.3. The first-order valence-electron chi connectivity index (χ1n) is 8.94. The Labute approximate surface area is 144 Å². The number of carbonyl (C=O) groups is 2. The summed E-state index contributed by atoms with van der Waals surface area (Å²) in [5.41, 5.74) is 3.90. The Bertz CT molecular complexity index is 621. The Morgan fingerprint density at radius 3 is 2.42 bits per heavy atom. The second kappa shape index (κ2) is 7.34. The van der Waals surface area contributed by atoms with Crippen LogP contribution in [0.1, 0.15) is 42.5 Å². The summed E-state index contributed by atoms with van der Waals surface area (Å²) in [4.78, 5) is 28.4. The van der Waals surface area contributed by atoms with Crippen LogP contribution < -0.4 is 5.32 Å². The number of rotatable bonds is 2. The van der Waals surface area contributed by atoms with Gasteiger partial charge in [0, 0.05) is 26.2 Å². The third-order valence-electron chi connectivity index (χ3n) is 5.20. The predicted octanol–water partition coefficient (Wildman–Crippen LogP) is 1.52. The van der Waals surface area contributed by atoms with Crippen LogP contribution in [0.25, 0.3) is 0 Å². The van der Waals surface area contributed by atoms with Crippen molar-refractivity contribution < 1.29 is 9.59 Å². The van der Waals surface area contributed by atoms with Crippen LogP contribution >= 0.6 is 0 Å². The summed E-state index contributed by atoms with van der Waals surface area (Å²) < 4.78 is 0. The minimum Gasteiger partial charge on any atom is -0.341 e. The van der Waals surface area contributed by atoms with Gasteiger partial charge in [0.25, 0.3) is 0 Å². The molecule has 130 valence electrons. The first-order valence-corrected chi connectivity index (χ1v) is 8.94. The van der Waals surface area contributed by atoms with E-state index in [1.165, 1.54) is 24.0 Å². The number of nitrogens with one attached hydrogen (secondary N) is 1. The lowest BCUT2D eigenvalue weighted by Crippen LogP contribution is -2.51. The quantitative estimate of drug-likeness (QED) is 0.837. The standard InChI is InChI=1S/C19H27N3O2/c1-14(16-8-7-15-5-3-4-6-17(15)13-16)20-18(23)19(24)22-11-9-21(2)10-12-22/h7-8,13-14H,3-6,9-12H2,1-2H3,(H,20,23). The molecule has 1 aromatic carbocycles. The molecular weight excluding hydrogens is 302 g/mol. The van der Waals surface area contributed by atoms with Gasteiger partial charge in [-0.15, -0.1) is 0 Å². The molecule has 0 bridgehead atoms. The lowest BCUT2D eigenvalue weighted by molar-refractivity contribution is -0.147. The van der Waals surface area contributed by atoms with E-state index in [-0.39, 0.29) is 6.04 Å². The van der Waals surface area contributed by atoms with Crippen molar-refractivity contribution in [1.82, 2.24) is 15.1 Å². The van der Waals surface area contributed by atoms with Crippen molar-refractivity contribution in [3.63, 3.8) is 0 Å². The Balaban J connectivity index is 1.60. The number of aryl methyl sites for hydroxylation is 2. The molecule has 3 rings (SSSR count). The molecule has 5 nitrogen and oxygen atoms in total. The van der Waals surface area contributed by atoms with Gasteiger partial charge in [-0.25, -0.2) is 0 Å². The number of amides is 2. The Kier molecular flexibility index (Phi) is 5.19. The van der Waals surface area contributed by atoms with Crippen molar-refractivity contribution in [3.8, 4) is 0 Å². The summed E-state index contributed by atoms with van der Waals surface area (Å²) in [5.74, 6) is -0.905. The normalized spacial score (nSPS) is 19.5. The molecule has 1 atom stereocenters. The highest BCUT2D eigenvalue weighted by Gasteiger charge is 2.26. The molecule has 0 spiro atoms. The summed E-state index contributed by atoms with van der Waals surface area (Å²) in [5, 5.41) is 2.87. The molecule has 0 aromatic heterocycles. The second-order valence-corrected chi connectivity index (χ2v) is 7.03. The average Bonchev–Trinajstić information content (AvgIpc) is 2.61. The molecule has 1 heterocycles. The van der Waals surface area contributed by atoms with Crippen LogP contribution in [0.5, 0.6) is 0 Å². The molecule has 24 heavy (non-hydrogen) atoms. The highest BCUT2D eigenvalue weighted by Crippen LogP contribution is 2.24. The molecule has 1 saturated heterocycles. The topological polar surface area (TPSA) is 52.7 Å². The second-order valence-electron chi connectivity index (χ2n) is 7.03. The molecule has 1 unspecified atom stereocenters. The zero-order valence-electron chi connectivity index (χ0n) is 14.7. The molecule has 0 radical (unpaired) electrons. The number of fused-ring (bicyclic) bond motifs is 1. The minimum absolute atomic E-state index is 0.152. The molecule has 1 aliphatic heterocycles. The molecule has 5 heteroatoms. The van der Waals surface area contributed by atoms with E-state index in [0.717, 1.165) is 31.5 Å². The van der Waals surface area contributed by atoms with Crippen LogP contribution in [0.2, 0.25) is 0 Å². The smallest absolute Gasteiger partial charge is 0.311 e. The molecule has 1 N–H and O–H groups in total. The fourth-order valence-electron chi connectivity index (χ4n) is 3.52. The number of likely N-dealkylation sites (N-methyl/N-ethyl adjacent to an activating group) is 1. The molecule has 2 amide bonds. The van der Waals surface area contributed by atoms with E-state index < -0.39 is 11.8 Å². The van der Waals surface area contributed by atoms with Gasteiger partial charge in [0.15, 0.2) is 0 Å². The van der Waals surface area contributed by atoms with E-state index in [9.17, 15) is 9.59 Å². The third kappa shape index (κ3) is 3.78. The third-order valence-corrected chi connectivity index (χ3v) is 5.20. The van der Waals surface area contributed by atoms with E-state index in [0.29, 0.717) is 13.1 Å². The van der Waals surface area contributed by atoms with E-state index >= 15 is 0 Å². The van der Waals surface area contributed by atoms with Crippen LogP contribution in [-0.4, -0.2) is 54.8 Å². The number of nitrogens with zero attached hydrogens (tertiary/aromatic N) is 2. The lowest BCUT2D eigenvalue weighted by atomic mass is 9.89. The number of carbonyl (C=O) groups excluding carboxylic acids is 2. The largest absolute Gasteiger partial charge is 0.341 e. The highest BCUT2D eigenvalue weighted by atomic mass is 16.2. The number of hydrogen-bond acceptors (Lipinski definition) is 3. The van der Waals surface area contributed by atoms with Gasteiger partial charge in [-0.1, -0.05) is 18.2 Å². The molecule has 0 saturated carbocycles. The van der Waals surface area contributed by atoms with Gasteiger partial charge in [-0.05, 0) is 56.3 Å². The predicted molar refractivity (Wildman–Crippen MR) is 93.7 cm³/mol. The zero-order valence-corrected chi connectivity index (χ0v) is 14.7. The Morgan fingerprint density at radius 2 is 1.71 bits per heavy atom. The highest BCUT2D eigenvalue weighted by molar-refractivity contribution is 6.35. The maximum absolute atomic E-state index is 12.3. The van der Waals surface area contributed by atoms with Crippen LogP contribution in [-0.2, 0) is 22.4 Å². The lowest BCUT2D eigenvalue weighted by Gasteiger charge is -2.32. The van der Waals surface area contributed by atoms with Crippen LogP contribution in [0.4, 0.5) is 0 Å². The summed E-state index contributed by atoms with van der Waals surface area (Å²) in [7, 11) is 2.03. The van der Waals surface area contributed by atoms with Gasteiger partial charge in [0.05, 0.1) is 6.04 Å². The first-order chi connectivity index (χ1) is 11.5. The van der Waals surface area contributed by atoms with Crippen molar-refractivity contribution in [2.75, 3.05) is 33.2 Å². The fourth-order valence-corrected chi connectivity index (χ4v) is 3.52. The van der Waals surface area contributed by atoms with Gasteiger partial charge in [0.2, 0.25) is 0 Å². The summed E-state index contributed by atoms with van der Waals surface area (Å²) >= 11 is 0.